The number of unbranched alkanes of at least 4 members (excludes halogenated alkanes) is 1. The zero-order chi connectivity index (χ0) is 13.1. The summed E-state index contributed by atoms with van der Waals surface area (Å²) in [6.45, 7) is 2.13. The molecule has 0 radical (unpaired) electrons. The Morgan fingerprint density at radius 3 is 2.83 bits per heavy atom. The van der Waals surface area contributed by atoms with Crippen molar-refractivity contribution in [1.82, 2.24) is 4.98 Å². The van der Waals surface area contributed by atoms with E-state index in [0.29, 0.717) is 11.3 Å². The summed E-state index contributed by atoms with van der Waals surface area (Å²) in [7, 11) is 0. The minimum atomic E-state index is -0.952. The molecule has 0 amide bonds. The van der Waals surface area contributed by atoms with Gasteiger partial charge in [0.05, 0.1) is 11.1 Å². The van der Waals surface area contributed by atoms with E-state index in [9.17, 15) is 4.79 Å². The van der Waals surface area contributed by atoms with Crippen LogP contribution in [0.4, 0.5) is 5.82 Å². The molecule has 0 saturated heterocycles. The first-order valence-electron chi connectivity index (χ1n) is 6.04. The van der Waals surface area contributed by atoms with Crippen LogP contribution in [-0.2, 0) is 6.42 Å². The predicted molar refractivity (Wildman–Crippen MR) is 71.7 cm³/mol. The summed E-state index contributed by atoms with van der Waals surface area (Å²) in [5.74, 6) is -0.453. The lowest BCUT2D eigenvalue weighted by molar-refractivity contribution is 0.0697. The number of carboxylic acid groups (broad SMARTS) is 1. The number of benzene rings is 1. The van der Waals surface area contributed by atoms with Crippen LogP contribution in [0.25, 0.3) is 10.9 Å². The van der Waals surface area contributed by atoms with Gasteiger partial charge in [-0.05, 0) is 36.6 Å². The number of aromatic carboxylic acids is 1. The molecule has 2 aromatic rings. The van der Waals surface area contributed by atoms with E-state index >= 15 is 0 Å². The van der Waals surface area contributed by atoms with Crippen LogP contribution in [0.15, 0.2) is 24.3 Å². The van der Waals surface area contributed by atoms with Gasteiger partial charge in [-0.1, -0.05) is 19.4 Å². The number of carboxylic acids is 1. The van der Waals surface area contributed by atoms with Gasteiger partial charge in [0.15, 0.2) is 0 Å². The van der Waals surface area contributed by atoms with Gasteiger partial charge in [-0.3, -0.25) is 0 Å². The quantitative estimate of drug-likeness (QED) is 0.867. The molecule has 2 rings (SSSR count). The number of aromatic nitrogens is 1. The zero-order valence-electron chi connectivity index (χ0n) is 10.3. The summed E-state index contributed by atoms with van der Waals surface area (Å²) in [6, 6.07) is 6.92. The van der Waals surface area contributed by atoms with Crippen LogP contribution in [0, 0.1) is 0 Å². The Balaban J connectivity index is 2.46. The molecule has 94 valence electrons. The Hall–Kier alpha value is -2.10. The molecule has 1 heterocycles. The average molecular weight is 244 g/mol. The molecular weight excluding hydrogens is 228 g/mol. The normalized spacial score (nSPS) is 10.7. The van der Waals surface area contributed by atoms with Crippen LogP contribution in [0.5, 0.6) is 0 Å². The van der Waals surface area contributed by atoms with E-state index < -0.39 is 5.97 Å². The molecule has 0 unspecified atom stereocenters. The molecular formula is C14H16N2O2. The largest absolute Gasteiger partial charge is 0.478 e. The molecule has 0 fully saturated rings. The highest BCUT2D eigenvalue weighted by atomic mass is 16.4. The number of nitrogens with two attached hydrogens (primary N) is 1. The van der Waals surface area contributed by atoms with Crippen molar-refractivity contribution in [2.75, 3.05) is 5.73 Å². The van der Waals surface area contributed by atoms with Crippen LogP contribution in [-0.4, -0.2) is 16.1 Å². The predicted octanol–water partition coefficient (Wildman–Crippen LogP) is 2.86. The van der Waals surface area contributed by atoms with Gasteiger partial charge in [-0.15, -0.1) is 0 Å². The molecule has 4 heteroatoms. The van der Waals surface area contributed by atoms with Crippen LogP contribution in [0.1, 0.15) is 35.7 Å². The summed E-state index contributed by atoms with van der Waals surface area (Å²) in [4.78, 5) is 15.2. The minimum Gasteiger partial charge on any atom is -0.478 e. The lowest BCUT2D eigenvalue weighted by Gasteiger charge is -2.07. The Kier molecular flexibility index (Phi) is 3.46. The van der Waals surface area contributed by atoms with Gasteiger partial charge in [-0.2, -0.15) is 0 Å². The van der Waals surface area contributed by atoms with E-state index in [1.54, 1.807) is 18.2 Å². The van der Waals surface area contributed by atoms with E-state index in [0.717, 1.165) is 30.2 Å². The van der Waals surface area contributed by atoms with Crippen molar-refractivity contribution in [1.29, 1.82) is 0 Å². The Morgan fingerprint density at radius 1 is 1.39 bits per heavy atom. The third kappa shape index (κ3) is 2.42. The SMILES string of the molecule is CCCCc1cc2ccc(C(=O)O)cc2nc1N. The maximum Gasteiger partial charge on any atom is 0.335 e. The molecule has 0 atom stereocenters. The molecule has 4 nitrogen and oxygen atoms in total. The first kappa shape index (κ1) is 12.4. The third-order valence-electron chi connectivity index (χ3n) is 2.98. The van der Waals surface area contributed by atoms with E-state index in [-0.39, 0.29) is 5.56 Å². The fourth-order valence-electron chi connectivity index (χ4n) is 1.93. The fourth-order valence-corrected chi connectivity index (χ4v) is 1.93. The van der Waals surface area contributed by atoms with E-state index in [1.807, 2.05) is 6.07 Å². The van der Waals surface area contributed by atoms with Gasteiger partial charge in [0.1, 0.15) is 5.82 Å². The summed E-state index contributed by atoms with van der Waals surface area (Å²) < 4.78 is 0. The van der Waals surface area contributed by atoms with Crippen molar-refractivity contribution in [3.8, 4) is 0 Å². The Morgan fingerprint density at radius 2 is 2.17 bits per heavy atom. The van der Waals surface area contributed by atoms with Crippen molar-refractivity contribution in [3.63, 3.8) is 0 Å². The van der Waals surface area contributed by atoms with Gasteiger partial charge in [0.25, 0.3) is 0 Å². The summed E-state index contributed by atoms with van der Waals surface area (Å²) in [5.41, 5.74) is 7.79. The number of nitrogen functional groups attached to an aromatic ring is 1. The number of nitrogens with zero attached hydrogens (tertiary/aromatic N) is 1. The molecule has 0 spiro atoms. The lowest BCUT2D eigenvalue weighted by Crippen LogP contribution is -2.00. The number of rotatable bonds is 4. The second-order valence-electron chi connectivity index (χ2n) is 4.35. The summed E-state index contributed by atoms with van der Waals surface area (Å²) in [5, 5.41) is 9.86. The van der Waals surface area contributed by atoms with Crippen molar-refractivity contribution in [2.45, 2.75) is 26.2 Å². The molecule has 3 N–H and O–H groups in total. The molecule has 0 saturated carbocycles. The van der Waals surface area contributed by atoms with Crippen LogP contribution in [0.2, 0.25) is 0 Å². The first-order valence-corrected chi connectivity index (χ1v) is 6.04. The van der Waals surface area contributed by atoms with E-state index in [1.165, 1.54) is 0 Å². The highest BCUT2D eigenvalue weighted by Crippen LogP contribution is 2.21. The molecule has 0 aliphatic heterocycles. The van der Waals surface area contributed by atoms with Gasteiger partial charge in [0.2, 0.25) is 0 Å². The second kappa shape index (κ2) is 5.04. The van der Waals surface area contributed by atoms with Gasteiger partial charge >= 0.3 is 5.97 Å². The molecule has 0 bridgehead atoms. The number of carbonyl (C=O) groups is 1. The van der Waals surface area contributed by atoms with E-state index in [4.69, 9.17) is 10.8 Å². The number of hydrogen-bond donors (Lipinski definition) is 2. The monoisotopic (exact) mass is 244 g/mol. The number of aryl methyl sites for hydroxylation is 1. The van der Waals surface area contributed by atoms with Gasteiger partial charge < -0.3 is 10.8 Å². The maximum atomic E-state index is 10.9. The molecule has 0 aliphatic rings. The maximum absolute atomic E-state index is 10.9. The van der Waals surface area contributed by atoms with Crippen LogP contribution < -0.4 is 5.73 Å². The molecule has 18 heavy (non-hydrogen) atoms. The Labute approximate surface area is 105 Å². The second-order valence-corrected chi connectivity index (χ2v) is 4.35. The number of anilines is 1. The zero-order valence-corrected chi connectivity index (χ0v) is 10.3. The van der Waals surface area contributed by atoms with Crippen molar-refractivity contribution >= 4 is 22.7 Å². The highest BCUT2D eigenvalue weighted by Gasteiger charge is 2.07. The highest BCUT2D eigenvalue weighted by molar-refractivity contribution is 5.93. The Bertz CT molecular complexity index is 594. The number of hydrogen-bond acceptors (Lipinski definition) is 3. The molecule has 0 aliphatic carbocycles. The smallest absolute Gasteiger partial charge is 0.335 e. The van der Waals surface area contributed by atoms with E-state index in [2.05, 4.69) is 11.9 Å². The number of pyridine rings is 1. The fraction of sp³-hybridized carbons (Fsp3) is 0.286. The standard InChI is InChI=1S/C14H16N2O2/c1-2-3-4-10-7-9-5-6-11(14(17)18)8-12(9)16-13(10)15/h5-8H,2-4H2,1H3,(H2,15,16)(H,17,18). The molecule has 1 aromatic carbocycles. The van der Waals surface area contributed by atoms with Crippen molar-refractivity contribution < 1.29 is 9.90 Å². The topological polar surface area (TPSA) is 76.2 Å². The van der Waals surface area contributed by atoms with Crippen molar-refractivity contribution in [2.24, 2.45) is 0 Å². The minimum absolute atomic E-state index is 0.232. The third-order valence-corrected chi connectivity index (χ3v) is 2.98. The summed E-state index contributed by atoms with van der Waals surface area (Å²) in [6.07, 6.45) is 3.09. The van der Waals surface area contributed by atoms with Gasteiger partial charge in [0, 0.05) is 5.39 Å². The van der Waals surface area contributed by atoms with Gasteiger partial charge in [-0.25, -0.2) is 9.78 Å². The van der Waals surface area contributed by atoms with Crippen molar-refractivity contribution in [3.05, 3.63) is 35.4 Å². The molecule has 1 aromatic heterocycles. The summed E-state index contributed by atoms with van der Waals surface area (Å²) >= 11 is 0. The van der Waals surface area contributed by atoms with Crippen LogP contribution >= 0.6 is 0 Å². The lowest BCUT2D eigenvalue weighted by atomic mass is 10.1. The number of fused-ring (bicyclic) bond motifs is 1. The average Bonchev–Trinajstić information content (AvgIpc) is 2.35. The first-order chi connectivity index (χ1) is 8.61. The van der Waals surface area contributed by atoms with Crippen LogP contribution in [0.3, 0.4) is 0 Å².